The highest BCUT2D eigenvalue weighted by Gasteiger charge is 2.11. The zero-order chi connectivity index (χ0) is 19.1. The summed E-state index contributed by atoms with van der Waals surface area (Å²) in [5.41, 5.74) is 6.38. The molecule has 2 rings (SSSR count). The monoisotopic (exact) mass is 353 g/mol. The molecule has 7 nitrogen and oxygen atoms in total. The van der Waals surface area contributed by atoms with E-state index in [1.165, 1.54) is 29.8 Å². The molecule has 0 unspecified atom stereocenters. The third kappa shape index (κ3) is 5.27. The summed E-state index contributed by atoms with van der Waals surface area (Å²) in [6, 6.07) is 13.0. The molecule has 0 aliphatic heterocycles. The number of amides is 2. The van der Waals surface area contributed by atoms with Gasteiger partial charge in [0.1, 0.15) is 0 Å². The Kier molecular flexibility index (Phi) is 6.21. The van der Waals surface area contributed by atoms with Crippen molar-refractivity contribution < 1.29 is 14.5 Å². The Morgan fingerprint density at radius 3 is 2.38 bits per heavy atom. The number of carbonyl (C=O) groups is 2. The fourth-order valence-corrected chi connectivity index (χ4v) is 2.16. The molecular formula is C19H19N3O4. The van der Waals surface area contributed by atoms with Crippen molar-refractivity contribution in [2.75, 3.05) is 0 Å². The molecule has 0 saturated heterocycles. The normalized spacial score (nSPS) is 10.7. The molecule has 2 N–H and O–H groups in total. The van der Waals surface area contributed by atoms with Crippen molar-refractivity contribution >= 4 is 23.6 Å². The zero-order valence-corrected chi connectivity index (χ0v) is 14.4. The Hall–Kier alpha value is -3.48. The molecule has 0 saturated carbocycles. The first kappa shape index (κ1) is 18.9. The highest BCUT2D eigenvalue weighted by Crippen LogP contribution is 2.15. The van der Waals surface area contributed by atoms with Crippen LogP contribution in [0.3, 0.4) is 0 Å². The van der Waals surface area contributed by atoms with Crippen LogP contribution in [0.4, 0.5) is 5.69 Å². The number of benzene rings is 2. The van der Waals surface area contributed by atoms with Crippen molar-refractivity contribution in [2.24, 2.45) is 0 Å². The average Bonchev–Trinajstić information content (AvgIpc) is 2.64. The van der Waals surface area contributed by atoms with Gasteiger partial charge in [0, 0.05) is 23.8 Å². The Labute approximate surface area is 150 Å². The maximum Gasteiger partial charge on any atom is 0.270 e. The number of hydrogen-bond donors (Lipinski definition) is 2. The van der Waals surface area contributed by atoms with Crippen molar-refractivity contribution in [1.29, 1.82) is 0 Å². The van der Waals surface area contributed by atoms with Crippen LogP contribution in [-0.4, -0.2) is 16.7 Å². The first-order chi connectivity index (χ1) is 12.4. The highest BCUT2D eigenvalue weighted by molar-refractivity contribution is 5.98. The number of rotatable bonds is 5. The van der Waals surface area contributed by atoms with Gasteiger partial charge in [0.15, 0.2) is 0 Å². The standard InChI is InChI=1S/C19H19N3O4/c1-13(2)15-9-6-14(7-10-15)8-11-18(23)20-21-19(24)16-4-3-5-17(12-16)22(25)26/h3-13H,1-2H3,(H,20,23)(H,21,24)/b11-8+. The molecule has 26 heavy (non-hydrogen) atoms. The maximum absolute atomic E-state index is 11.9. The number of non-ortho nitro benzene ring substituents is 1. The van der Waals surface area contributed by atoms with Crippen LogP contribution in [0.2, 0.25) is 0 Å². The first-order valence-electron chi connectivity index (χ1n) is 7.99. The van der Waals surface area contributed by atoms with Crippen molar-refractivity contribution in [3.05, 3.63) is 81.4 Å². The first-order valence-corrected chi connectivity index (χ1v) is 7.99. The van der Waals surface area contributed by atoms with E-state index in [4.69, 9.17) is 0 Å². The lowest BCUT2D eigenvalue weighted by atomic mass is 10.0. The molecule has 0 spiro atoms. The smallest absolute Gasteiger partial charge is 0.268 e. The number of nitro groups is 1. The van der Waals surface area contributed by atoms with Gasteiger partial charge in [-0.15, -0.1) is 0 Å². The Balaban J connectivity index is 1.90. The third-order valence-corrected chi connectivity index (χ3v) is 3.65. The van der Waals surface area contributed by atoms with E-state index in [0.29, 0.717) is 5.92 Å². The van der Waals surface area contributed by atoms with Gasteiger partial charge in [0.25, 0.3) is 17.5 Å². The molecule has 2 amide bonds. The van der Waals surface area contributed by atoms with Gasteiger partial charge in [-0.25, -0.2) is 0 Å². The Morgan fingerprint density at radius 1 is 1.08 bits per heavy atom. The zero-order valence-electron chi connectivity index (χ0n) is 14.4. The van der Waals surface area contributed by atoms with E-state index in [1.807, 2.05) is 24.3 Å². The largest absolute Gasteiger partial charge is 0.270 e. The number of nitrogens with zero attached hydrogens (tertiary/aromatic N) is 1. The minimum Gasteiger partial charge on any atom is -0.268 e. The summed E-state index contributed by atoms with van der Waals surface area (Å²) in [6.45, 7) is 4.20. The second kappa shape index (κ2) is 8.57. The summed E-state index contributed by atoms with van der Waals surface area (Å²) < 4.78 is 0. The number of hydrogen-bond acceptors (Lipinski definition) is 4. The van der Waals surface area contributed by atoms with Crippen LogP contribution in [0.5, 0.6) is 0 Å². The second-order valence-electron chi connectivity index (χ2n) is 5.91. The number of hydrazine groups is 1. The van der Waals surface area contributed by atoms with Crippen molar-refractivity contribution in [3.63, 3.8) is 0 Å². The molecule has 0 aromatic heterocycles. The summed E-state index contributed by atoms with van der Waals surface area (Å²) in [5.74, 6) is -0.728. The van der Waals surface area contributed by atoms with E-state index >= 15 is 0 Å². The lowest BCUT2D eigenvalue weighted by Gasteiger charge is -2.06. The maximum atomic E-state index is 11.9. The molecule has 134 valence electrons. The summed E-state index contributed by atoms with van der Waals surface area (Å²) in [5, 5.41) is 10.7. The SMILES string of the molecule is CC(C)c1ccc(/C=C/C(=O)NNC(=O)c2cccc([N+](=O)[O-])c2)cc1. The lowest BCUT2D eigenvalue weighted by molar-refractivity contribution is -0.384. The molecule has 2 aromatic rings. The van der Waals surface area contributed by atoms with Gasteiger partial charge in [-0.1, -0.05) is 44.2 Å². The van der Waals surface area contributed by atoms with Gasteiger partial charge in [-0.05, 0) is 29.2 Å². The summed E-state index contributed by atoms with van der Waals surface area (Å²) in [6.07, 6.45) is 2.91. The molecule has 0 fully saturated rings. The Bertz CT molecular complexity index is 842. The fraction of sp³-hybridized carbons (Fsp3) is 0.158. The van der Waals surface area contributed by atoms with Gasteiger partial charge in [0.2, 0.25) is 0 Å². The van der Waals surface area contributed by atoms with Gasteiger partial charge in [-0.3, -0.25) is 30.6 Å². The van der Waals surface area contributed by atoms with Gasteiger partial charge in [0.05, 0.1) is 4.92 Å². The van der Waals surface area contributed by atoms with Crippen LogP contribution in [0.1, 0.15) is 41.3 Å². The third-order valence-electron chi connectivity index (χ3n) is 3.65. The lowest BCUT2D eigenvalue weighted by Crippen LogP contribution is -2.40. The van der Waals surface area contributed by atoms with E-state index in [9.17, 15) is 19.7 Å². The number of nitro benzene ring substituents is 1. The minimum absolute atomic E-state index is 0.0766. The fourth-order valence-electron chi connectivity index (χ4n) is 2.16. The van der Waals surface area contributed by atoms with Crippen molar-refractivity contribution in [2.45, 2.75) is 19.8 Å². The molecule has 0 aliphatic carbocycles. The summed E-state index contributed by atoms with van der Waals surface area (Å²) in [7, 11) is 0. The second-order valence-corrected chi connectivity index (χ2v) is 5.91. The van der Waals surface area contributed by atoms with Crippen LogP contribution in [-0.2, 0) is 4.79 Å². The van der Waals surface area contributed by atoms with Crippen molar-refractivity contribution in [1.82, 2.24) is 10.9 Å². The number of nitrogens with one attached hydrogen (secondary N) is 2. The predicted molar refractivity (Wildman–Crippen MR) is 98.3 cm³/mol. The van der Waals surface area contributed by atoms with Crippen LogP contribution in [0.15, 0.2) is 54.6 Å². The molecular weight excluding hydrogens is 334 g/mol. The molecule has 0 heterocycles. The van der Waals surface area contributed by atoms with Gasteiger partial charge < -0.3 is 0 Å². The molecule has 0 bridgehead atoms. The predicted octanol–water partition coefficient (Wildman–Crippen LogP) is 3.19. The van der Waals surface area contributed by atoms with Crippen LogP contribution in [0.25, 0.3) is 6.08 Å². The molecule has 0 radical (unpaired) electrons. The van der Waals surface area contributed by atoms with E-state index in [0.717, 1.165) is 11.6 Å². The highest BCUT2D eigenvalue weighted by atomic mass is 16.6. The average molecular weight is 353 g/mol. The van der Waals surface area contributed by atoms with Crippen LogP contribution in [0, 0.1) is 10.1 Å². The van der Waals surface area contributed by atoms with Crippen LogP contribution >= 0.6 is 0 Å². The van der Waals surface area contributed by atoms with Gasteiger partial charge in [-0.2, -0.15) is 0 Å². The minimum atomic E-state index is -0.642. The molecule has 7 heteroatoms. The quantitative estimate of drug-likeness (QED) is 0.489. The van der Waals surface area contributed by atoms with E-state index in [-0.39, 0.29) is 11.3 Å². The molecule has 2 aromatic carbocycles. The van der Waals surface area contributed by atoms with Crippen molar-refractivity contribution in [3.8, 4) is 0 Å². The molecule has 0 atom stereocenters. The van der Waals surface area contributed by atoms with Gasteiger partial charge >= 0.3 is 0 Å². The van der Waals surface area contributed by atoms with Crippen LogP contribution < -0.4 is 10.9 Å². The van der Waals surface area contributed by atoms with E-state index < -0.39 is 16.7 Å². The van der Waals surface area contributed by atoms with E-state index in [1.54, 1.807) is 6.08 Å². The topological polar surface area (TPSA) is 101 Å². The molecule has 0 aliphatic rings. The number of carbonyl (C=O) groups excluding carboxylic acids is 2. The Morgan fingerprint density at radius 2 is 1.77 bits per heavy atom. The summed E-state index contributed by atoms with van der Waals surface area (Å²) >= 11 is 0. The summed E-state index contributed by atoms with van der Waals surface area (Å²) in [4.78, 5) is 33.8. The van der Waals surface area contributed by atoms with E-state index in [2.05, 4.69) is 24.7 Å².